The van der Waals surface area contributed by atoms with Gasteiger partial charge in [-0.2, -0.15) is 0 Å². The highest BCUT2D eigenvalue weighted by Gasteiger charge is 2.14. The highest BCUT2D eigenvalue weighted by Crippen LogP contribution is 2.31. The molecule has 0 saturated carbocycles. The molecule has 2 aromatic heterocycles. The fraction of sp³-hybridized carbons (Fsp3) is 0.0909. The summed E-state index contributed by atoms with van der Waals surface area (Å²) >= 11 is 3.18. The number of ether oxygens (including phenoxy) is 2. The van der Waals surface area contributed by atoms with Crippen molar-refractivity contribution in [3.63, 3.8) is 0 Å². The summed E-state index contributed by atoms with van der Waals surface area (Å²) in [4.78, 5) is 16.9. The van der Waals surface area contributed by atoms with Gasteiger partial charge in [0.15, 0.2) is 11.5 Å². The molecule has 0 aliphatic rings. The molecular formula is C22H17BrFN3O3. The third-order valence-corrected chi connectivity index (χ3v) is 4.88. The minimum absolute atomic E-state index is 0.0545. The standard InChI is InChI=1S/C22H17BrFN3O3/c1-29-19-8-6-15(26-22(28)17-7-5-14(23)10-18(17)24)11-20(19)30-13-16-12-27-9-3-2-4-21(27)25-16/h2-12H,13H2,1H3,(H,26,28). The molecule has 4 rings (SSSR count). The second-order valence-corrected chi connectivity index (χ2v) is 7.35. The molecule has 6 nitrogen and oxygen atoms in total. The van der Waals surface area contributed by atoms with E-state index in [9.17, 15) is 9.18 Å². The van der Waals surface area contributed by atoms with Crippen LogP contribution in [0.3, 0.4) is 0 Å². The third kappa shape index (κ3) is 4.28. The molecule has 0 spiro atoms. The number of benzene rings is 2. The van der Waals surface area contributed by atoms with Crippen molar-refractivity contribution in [2.75, 3.05) is 12.4 Å². The van der Waals surface area contributed by atoms with E-state index >= 15 is 0 Å². The Morgan fingerprint density at radius 3 is 2.80 bits per heavy atom. The van der Waals surface area contributed by atoms with Crippen molar-refractivity contribution >= 4 is 33.2 Å². The fourth-order valence-corrected chi connectivity index (χ4v) is 3.28. The number of nitrogens with one attached hydrogen (secondary N) is 1. The summed E-state index contributed by atoms with van der Waals surface area (Å²) in [5.41, 5.74) is 1.96. The summed E-state index contributed by atoms with van der Waals surface area (Å²) in [6.45, 7) is 0.219. The van der Waals surface area contributed by atoms with E-state index in [1.165, 1.54) is 19.2 Å². The van der Waals surface area contributed by atoms with Crippen LogP contribution in [-0.4, -0.2) is 22.4 Å². The van der Waals surface area contributed by atoms with E-state index in [4.69, 9.17) is 9.47 Å². The number of carbonyl (C=O) groups excluding carboxylic acids is 1. The summed E-state index contributed by atoms with van der Waals surface area (Å²) in [6.07, 6.45) is 3.79. The quantitative estimate of drug-likeness (QED) is 0.427. The highest BCUT2D eigenvalue weighted by molar-refractivity contribution is 9.10. The van der Waals surface area contributed by atoms with Gasteiger partial charge in [-0.3, -0.25) is 4.79 Å². The number of methoxy groups -OCH3 is 1. The molecule has 2 heterocycles. The number of aromatic nitrogens is 2. The van der Waals surface area contributed by atoms with Crippen LogP contribution in [0.25, 0.3) is 5.65 Å². The SMILES string of the molecule is COc1ccc(NC(=O)c2ccc(Br)cc2F)cc1OCc1cn2ccccc2n1. The number of fused-ring (bicyclic) bond motifs is 1. The zero-order valence-electron chi connectivity index (χ0n) is 15.9. The lowest BCUT2D eigenvalue weighted by atomic mass is 10.2. The average Bonchev–Trinajstić information content (AvgIpc) is 3.15. The van der Waals surface area contributed by atoms with Gasteiger partial charge in [-0.15, -0.1) is 0 Å². The molecule has 0 radical (unpaired) electrons. The van der Waals surface area contributed by atoms with E-state index in [-0.39, 0.29) is 12.2 Å². The molecular weight excluding hydrogens is 453 g/mol. The number of halogens is 2. The molecule has 2 aromatic carbocycles. The number of rotatable bonds is 6. The Kier molecular flexibility index (Phi) is 5.67. The molecule has 0 atom stereocenters. The van der Waals surface area contributed by atoms with Gasteiger partial charge < -0.3 is 19.2 Å². The predicted molar refractivity (Wildman–Crippen MR) is 115 cm³/mol. The number of imidazole rings is 1. The number of nitrogens with zero attached hydrogens (tertiary/aromatic N) is 2. The predicted octanol–water partition coefficient (Wildman–Crippen LogP) is 5.08. The van der Waals surface area contributed by atoms with E-state index in [1.807, 2.05) is 35.0 Å². The van der Waals surface area contributed by atoms with Gasteiger partial charge in [0.2, 0.25) is 0 Å². The van der Waals surface area contributed by atoms with E-state index in [0.29, 0.717) is 21.7 Å². The summed E-state index contributed by atoms with van der Waals surface area (Å²) < 4.78 is 27.7. The Morgan fingerprint density at radius 2 is 2.03 bits per heavy atom. The first-order chi connectivity index (χ1) is 14.5. The smallest absolute Gasteiger partial charge is 0.258 e. The molecule has 152 valence electrons. The second kappa shape index (κ2) is 8.54. The van der Waals surface area contributed by atoms with Crippen LogP contribution < -0.4 is 14.8 Å². The van der Waals surface area contributed by atoms with Gasteiger partial charge in [0.05, 0.1) is 18.4 Å². The Hall–Kier alpha value is -3.39. The van der Waals surface area contributed by atoms with Crippen molar-refractivity contribution in [3.8, 4) is 11.5 Å². The monoisotopic (exact) mass is 469 g/mol. The summed E-state index contributed by atoms with van der Waals surface area (Å²) in [7, 11) is 1.53. The number of pyridine rings is 1. The molecule has 30 heavy (non-hydrogen) atoms. The lowest BCUT2D eigenvalue weighted by Gasteiger charge is -2.12. The van der Waals surface area contributed by atoms with E-state index in [1.54, 1.807) is 24.3 Å². The maximum absolute atomic E-state index is 14.1. The number of hydrogen-bond acceptors (Lipinski definition) is 4. The molecule has 1 N–H and O–H groups in total. The Labute approximate surface area is 180 Å². The molecule has 0 saturated heterocycles. The number of anilines is 1. The Balaban J connectivity index is 1.51. The molecule has 1 amide bonds. The van der Waals surface area contributed by atoms with Crippen molar-refractivity contribution in [2.24, 2.45) is 0 Å². The van der Waals surface area contributed by atoms with Crippen LogP contribution in [0, 0.1) is 5.82 Å². The first kappa shape index (κ1) is 19.9. The normalized spacial score (nSPS) is 10.8. The number of hydrogen-bond donors (Lipinski definition) is 1. The minimum Gasteiger partial charge on any atom is -0.493 e. The molecule has 4 aromatic rings. The van der Waals surface area contributed by atoms with Crippen molar-refractivity contribution in [1.29, 1.82) is 0 Å². The van der Waals surface area contributed by atoms with Crippen molar-refractivity contribution in [1.82, 2.24) is 9.38 Å². The van der Waals surface area contributed by atoms with Crippen LogP contribution in [0.15, 0.2) is 71.5 Å². The molecule has 0 bridgehead atoms. The topological polar surface area (TPSA) is 64.9 Å². The molecule has 0 unspecified atom stereocenters. The molecule has 0 fully saturated rings. The van der Waals surface area contributed by atoms with Crippen molar-refractivity contribution < 1.29 is 18.7 Å². The van der Waals surface area contributed by atoms with Gasteiger partial charge in [-0.25, -0.2) is 9.37 Å². The fourth-order valence-electron chi connectivity index (χ4n) is 2.95. The maximum atomic E-state index is 14.1. The number of carbonyl (C=O) groups is 1. The number of amides is 1. The van der Waals surface area contributed by atoms with Crippen LogP contribution >= 0.6 is 15.9 Å². The molecule has 0 aliphatic heterocycles. The zero-order valence-corrected chi connectivity index (χ0v) is 17.5. The van der Waals surface area contributed by atoms with Crippen LogP contribution in [0.1, 0.15) is 16.1 Å². The second-order valence-electron chi connectivity index (χ2n) is 6.43. The van der Waals surface area contributed by atoms with Crippen LogP contribution in [0.5, 0.6) is 11.5 Å². The molecule has 0 aliphatic carbocycles. The first-order valence-electron chi connectivity index (χ1n) is 9.03. The van der Waals surface area contributed by atoms with Crippen LogP contribution in [0.4, 0.5) is 10.1 Å². The largest absolute Gasteiger partial charge is 0.493 e. The van der Waals surface area contributed by atoms with Crippen LogP contribution in [0.2, 0.25) is 0 Å². The summed E-state index contributed by atoms with van der Waals surface area (Å²) in [5.74, 6) is -0.231. The maximum Gasteiger partial charge on any atom is 0.258 e. The zero-order chi connectivity index (χ0) is 21.1. The van der Waals surface area contributed by atoms with Crippen molar-refractivity contribution in [2.45, 2.75) is 6.61 Å². The summed E-state index contributed by atoms with van der Waals surface area (Å²) in [6, 6.07) is 15.0. The van der Waals surface area contributed by atoms with Crippen molar-refractivity contribution in [3.05, 3.63) is 88.5 Å². The average molecular weight is 470 g/mol. The minimum atomic E-state index is -0.612. The first-order valence-corrected chi connectivity index (χ1v) is 9.82. The molecule has 8 heteroatoms. The van der Waals surface area contributed by atoms with Gasteiger partial charge >= 0.3 is 0 Å². The van der Waals surface area contributed by atoms with E-state index in [0.717, 1.165) is 11.3 Å². The third-order valence-electron chi connectivity index (χ3n) is 4.39. The summed E-state index contributed by atoms with van der Waals surface area (Å²) in [5, 5.41) is 2.68. The van der Waals surface area contributed by atoms with E-state index < -0.39 is 11.7 Å². The van der Waals surface area contributed by atoms with Gasteiger partial charge in [0.1, 0.15) is 18.1 Å². The van der Waals surface area contributed by atoms with Gasteiger partial charge in [-0.1, -0.05) is 22.0 Å². The Morgan fingerprint density at radius 1 is 1.17 bits per heavy atom. The lowest BCUT2D eigenvalue weighted by Crippen LogP contribution is -2.14. The highest BCUT2D eigenvalue weighted by atomic mass is 79.9. The van der Waals surface area contributed by atoms with Gasteiger partial charge in [0, 0.05) is 28.6 Å². The van der Waals surface area contributed by atoms with Gasteiger partial charge in [0.25, 0.3) is 5.91 Å². The lowest BCUT2D eigenvalue weighted by molar-refractivity contribution is 0.102. The van der Waals surface area contributed by atoms with E-state index in [2.05, 4.69) is 26.2 Å². The Bertz CT molecular complexity index is 1190. The van der Waals surface area contributed by atoms with Gasteiger partial charge in [-0.05, 0) is 42.5 Å². The van der Waals surface area contributed by atoms with Crippen LogP contribution in [-0.2, 0) is 6.61 Å².